The molecule has 2 fully saturated rings. The van der Waals surface area contributed by atoms with Crippen LogP contribution in [0.5, 0.6) is 11.8 Å². The minimum absolute atomic E-state index is 0.0954. The SMILES string of the molecule is COc1ccc(C(=O)N2CCC[C@]3(C2)Nc2ccccc2NC3=NC2CCCC2)c(OC)n1. The van der Waals surface area contributed by atoms with Gasteiger partial charge in [-0.25, -0.2) is 0 Å². The quantitative estimate of drug-likeness (QED) is 0.735. The number of ether oxygens (including phenoxy) is 2. The topological polar surface area (TPSA) is 88.1 Å². The molecule has 1 saturated heterocycles. The molecule has 2 N–H and O–H groups in total. The van der Waals surface area contributed by atoms with Gasteiger partial charge in [0.05, 0.1) is 38.2 Å². The standard InChI is InChI=1S/C25H31N5O3/c1-32-21-13-12-18(22(28-21)33-2)23(31)30-15-7-14-25(16-30)24(26-17-8-3-4-9-17)27-19-10-5-6-11-20(19)29-25/h5-6,10-13,17,29H,3-4,7-9,14-16H2,1-2H3,(H,26,27)/t25-/m1/s1. The number of carbonyl (C=O) groups excluding carboxylic acids is 1. The highest BCUT2D eigenvalue weighted by molar-refractivity contribution is 6.10. The minimum Gasteiger partial charge on any atom is -0.481 e. The van der Waals surface area contributed by atoms with E-state index in [1.165, 1.54) is 20.0 Å². The molecule has 0 unspecified atom stereocenters. The molecular formula is C25H31N5O3. The van der Waals surface area contributed by atoms with Crippen LogP contribution in [0.4, 0.5) is 11.4 Å². The molecule has 1 saturated carbocycles. The molecule has 0 bridgehead atoms. The molecule has 2 aliphatic heterocycles. The smallest absolute Gasteiger partial charge is 0.259 e. The Kier molecular flexibility index (Phi) is 5.83. The Hall–Kier alpha value is -3.29. The molecule has 33 heavy (non-hydrogen) atoms. The van der Waals surface area contributed by atoms with Gasteiger partial charge in [0.15, 0.2) is 0 Å². The molecule has 1 aromatic carbocycles. The molecule has 1 amide bonds. The second kappa shape index (κ2) is 8.92. The number of benzene rings is 1. The highest BCUT2D eigenvalue weighted by atomic mass is 16.5. The summed E-state index contributed by atoms with van der Waals surface area (Å²) in [5, 5.41) is 7.38. The first-order valence-corrected chi connectivity index (χ1v) is 11.7. The van der Waals surface area contributed by atoms with Crippen LogP contribution >= 0.6 is 0 Å². The number of likely N-dealkylation sites (tertiary alicyclic amines) is 1. The van der Waals surface area contributed by atoms with E-state index in [1.807, 2.05) is 17.0 Å². The summed E-state index contributed by atoms with van der Waals surface area (Å²) in [5.74, 6) is 1.55. The summed E-state index contributed by atoms with van der Waals surface area (Å²) >= 11 is 0. The monoisotopic (exact) mass is 449 g/mol. The van der Waals surface area contributed by atoms with Crippen molar-refractivity contribution < 1.29 is 14.3 Å². The Labute approximate surface area is 194 Å². The fraction of sp³-hybridized carbons (Fsp3) is 0.480. The van der Waals surface area contributed by atoms with E-state index in [0.29, 0.717) is 30.6 Å². The van der Waals surface area contributed by atoms with Crippen LogP contribution in [0.15, 0.2) is 41.4 Å². The van der Waals surface area contributed by atoms with Gasteiger partial charge in [0, 0.05) is 12.6 Å². The van der Waals surface area contributed by atoms with E-state index < -0.39 is 5.54 Å². The van der Waals surface area contributed by atoms with Crippen LogP contribution in [-0.2, 0) is 0 Å². The summed E-state index contributed by atoms with van der Waals surface area (Å²) in [7, 11) is 3.06. The Bertz CT molecular complexity index is 1070. The number of nitrogens with zero attached hydrogens (tertiary/aromatic N) is 3. The number of piperidine rings is 1. The predicted molar refractivity (Wildman–Crippen MR) is 129 cm³/mol. The van der Waals surface area contributed by atoms with Crippen LogP contribution in [0.1, 0.15) is 48.9 Å². The fourth-order valence-corrected chi connectivity index (χ4v) is 5.19. The lowest BCUT2D eigenvalue weighted by molar-refractivity contribution is 0.0690. The lowest BCUT2D eigenvalue weighted by Gasteiger charge is -2.47. The molecule has 5 rings (SSSR count). The van der Waals surface area contributed by atoms with Crippen molar-refractivity contribution in [2.45, 2.75) is 50.1 Å². The van der Waals surface area contributed by atoms with Gasteiger partial charge in [0.1, 0.15) is 16.9 Å². The van der Waals surface area contributed by atoms with Crippen LogP contribution in [0.2, 0.25) is 0 Å². The Morgan fingerprint density at radius 3 is 2.64 bits per heavy atom. The van der Waals surface area contributed by atoms with Crippen molar-refractivity contribution >= 4 is 23.1 Å². The fourth-order valence-electron chi connectivity index (χ4n) is 5.19. The van der Waals surface area contributed by atoms with Gasteiger partial charge < -0.3 is 25.0 Å². The number of carbonyl (C=O) groups is 1. The number of pyridine rings is 1. The molecule has 174 valence electrons. The molecule has 8 heteroatoms. The van der Waals surface area contributed by atoms with E-state index in [9.17, 15) is 4.79 Å². The number of anilines is 2. The van der Waals surface area contributed by atoms with Crippen LogP contribution in [-0.4, -0.2) is 60.5 Å². The molecule has 3 aliphatic rings. The number of amidine groups is 1. The normalized spacial score (nSPS) is 23.7. The highest BCUT2D eigenvalue weighted by Gasteiger charge is 2.45. The summed E-state index contributed by atoms with van der Waals surface area (Å²) in [6, 6.07) is 12.0. The van der Waals surface area contributed by atoms with E-state index in [4.69, 9.17) is 14.5 Å². The molecule has 3 heterocycles. The van der Waals surface area contributed by atoms with Gasteiger partial charge in [-0.05, 0) is 43.9 Å². The number of para-hydroxylation sites is 2. The van der Waals surface area contributed by atoms with Gasteiger partial charge in [-0.2, -0.15) is 4.98 Å². The van der Waals surface area contributed by atoms with Crippen LogP contribution in [0.25, 0.3) is 0 Å². The van der Waals surface area contributed by atoms with Gasteiger partial charge in [0.2, 0.25) is 11.8 Å². The van der Waals surface area contributed by atoms with Crippen LogP contribution in [0, 0.1) is 0 Å². The molecule has 1 aliphatic carbocycles. The van der Waals surface area contributed by atoms with Gasteiger partial charge >= 0.3 is 0 Å². The number of nitrogens with one attached hydrogen (secondary N) is 2. The van der Waals surface area contributed by atoms with Gasteiger partial charge in [-0.3, -0.25) is 9.79 Å². The number of rotatable bonds is 4. The molecule has 1 atom stereocenters. The minimum atomic E-state index is -0.446. The zero-order valence-corrected chi connectivity index (χ0v) is 19.3. The average Bonchev–Trinajstić information content (AvgIpc) is 3.37. The van der Waals surface area contributed by atoms with E-state index in [2.05, 4.69) is 27.8 Å². The van der Waals surface area contributed by atoms with E-state index in [0.717, 1.165) is 42.9 Å². The van der Waals surface area contributed by atoms with Crippen LogP contribution < -0.4 is 20.1 Å². The lowest BCUT2D eigenvalue weighted by Crippen LogP contribution is -2.62. The number of methoxy groups -OCH3 is 2. The zero-order valence-electron chi connectivity index (χ0n) is 19.3. The highest BCUT2D eigenvalue weighted by Crippen LogP contribution is 2.38. The second-order valence-corrected chi connectivity index (χ2v) is 9.03. The number of amides is 1. The zero-order chi connectivity index (χ0) is 22.8. The maximum absolute atomic E-state index is 13.6. The first-order chi connectivity index (χ1) is 16.1. The van der Waals surface area contributed by atoms with E-state index in [-0.39, 0.29) is 11.8 Å². The number of fused-ring (bicyclic) bond motifs is 1. The summed E-state index contributed by atoms with van der Waals surface area (Å²) in [6.45, 7) is 1.20. The summed E-state index contributed by atoms with van der Waals surface area (Å²) < 4.78 is 10.6. The molecule has 1 spiro atoms. The summed E-state index contributed by atoms with van der Waals surface area (Å²) in [5.41, 5.74) is 2.07. The van der Waals surface area contributed by atoms with Gasteiger partial charge in [-0.1, -0.05) is 25.0 Å². The largest absolute Gasteiger partial charge is 0.481 e. The van der Waals surface area contributed by atoms with Crippen molar-refractivity contribution in [1.29, 1.82) is 0 Å². The van der Waals surface area contributed by atoms with Gasteiger partial charge in [-0.15, -0.1) is 0 Å². The third kappa shape index (κ3) is 4.10. The predicted octanol–water partition coefficient (Wildman–Crippen LogP) is 3.95. The van der Waals surface area contributed by atoms with Crippen LogP contribution in [0.3, 0.4) is 0 Å². The summed E-state index contributed by atoms with van der Waals surface area (Å²) in [6.07, 6.45) is 6.49. The number of hydrogen-bond donors (Lipinski definition) is 2. The van der Waals surface area contributed by atoms with Gasteiger partial charge in [0.25, 0.3) is 5.91 Å². The molecular weight excluding hydrogens is 418 g/mol. The summed E-state index contributed by atoms with van der Waals surface area (Å²) in [4.78, 5) is 25.0. The number of aromatic nitrogens is 1. The lowest BCUT2D eigenvalue weighted by atomic mass is 9.84. The van der Waals surface area contributed by atoms with Crippen molar-refractivity contribution in [3.05, 3.63) is 42.0 Å². The van der Waals surface area contributed by atoms with Crippen molar-refractivity contribution in [2.75, 3.05) is 37.9 Å². The maximum atomic E-state index is 13.6. The first kappa shape index (κ1) is 21.6. The third-order valence-corrected chi connectivity index (χ3v) is 6.89. The average molecular weight is 450 g/mol. The van der Waals surface area contributed by atoms with Crippen molar-refractivity contribution in [2.24, 2.45) is 4.99 Å². The first-order valence-electron chi connectivity index (χ1n) is 11.7. The van der Waals surface area contributed by atoms with Crippen molar-refractivity contribution in [3.63, 3.8) is 0 Å². The Morgan fingerprint density at radius 1 is 1.09 bits per heavy atom. The number of hydrogen-bond acceptors (Lipinski definition) is 6. The van der Waals surface area contributed by atoms with Crippen molar-refractivity contribution in [3.8, 4) is 11.8 Å². The maximum Gasteiger partial charge on any atom is 0.259 e. The van der Waals surface area contributed by atoms with E-state index in [1.54, 1.807) is 19.2 Å². The van der Waals surface area contributed by atoms with Crippen molar-refractivity contribution in [1.82, 2.24) is 9.88 Å². The molecule has 0 radical (unpaired) electrons. The third-order valence-electron chi connectivity index (χ3n) is 6.89. The molecule has 1 aromatic heterocycles. The number of aliphatic imine (C=N–C) groups is 1. The Morgan fingerprint density at radius 2 is 1.88 bits per heavy atom. The Balaban J connectivity index is 1.47. The van der Waals surface area contributed by atoms with E-state index >= 15 is 0 Å². The second-order valence-electron chi connectivity index (χ2n) is 9.03. The molecule has 2 aromatic rings. The molecule has 8 nitrogen and oxygen atoms in total.